The number of carbonyl (C=O) groups is 2. The molecule has 16 heavy (non-hydrogen) atoms. The van der Waals surface area contributed by atoms with Crippen LogP contribution in [0.25, 0.3) is 0 Å². The molecule has 5 nitrogen and oxygen atoms in total. The average Bonchev–Trinajstić information content (AvgIpc) is 2.66. The molecule has 1 aromatic heterocycles. The lowest BCUT2D eigenvalue weighted by Gasteiger charge is -2.23. The maximum absolute atomic E-state index is 11.8. The quantitative estimate of drug-likeness (QED) is 0.676. The lowest BCUT2D eigenvalue weighted by molar-refractivity contribution is 0.0241. The molecule has 1 aliphatic rings. The van der Waals surface area contributed by atoms with E-state index in [0.717, 1.165) is 4.90 Å². The summed E-state index contributed by atoms with van der Waals surface area (Å²) in [6, 6.07) is 1.56. The predicted molar refractivity (Wildman–Crippen MR) is 54.8 cm³/mol. The van der Waals surface area contributed by atoms with E-state index in [1.807, 2.05) is 0 Å². The van der Waals surface area contributed by atoms with Gasteiger partial charge in [-0.3, -0.25) is 4.79 Å². The fraction of sp³-hybridized carbons (Fsp3) is 0.455. The standard InChI is InChI=1S/C11H13NO4/c1-11(2,3)16-10(14)12-6-8-7(9(12)13)4-5-15-8/h4-5H,6H2,1-3H3. The van der Waals surface area contributed by atoms with Gasteiger partial charge < -0.3 is 9.15 Å². The summed E-state index contributed by atoms with van der Waals surface area (Å²) in [5.74, 6) is 0.147. The molecule has 0 bridgehead atoms. The number of imide groups is 1. The molecule has 0 radical (unpaired) electrons. The van der Waals surface area contributed by atoms with Crippen molar-refractivity contribution in [2.24, 2.45) is 0 Å². The summed E-state index contributed by atoms with van der Waals surface area (Å²) in [5.41, 5.74) is -0.174. The third kappa shape index (κ3) is 1.80. The fourth-order valence-corrected chi connectivity index (χ4v) is 1.48. The van der Waals surface area contributed by atoms with Crippen LogP contribution in [0.3, 0.4) is 0 Å². The van der Waals surface area contributed by atoms with Crippen LogP contribution in [0.2, 0.25) is 0 Å². The summed E-state index contributed by atoms with van der Waals surface area (Å²) in [6.45, 7) is 5.41. The van der Waals surface area contributed by atoms with Gasteiger partial charge in [-0.25, -0.2) is 9.69 Å². The molecule has 5 heteroatoms. The molecular formula is C11H13NO4. The topological polar surface area (TPSA) is 59.8 Å². The first-order chi connectivity index (χ1) is 7.38. The monoisotopic (exact) mass is 223 g/mol. The fourth-order valence-electron chi connectivity index (χ4n) is 1.48. The molecule has 2 rings (SSSR count). The first-order valence-electron chi connectivity index (χ1n) is 5.00. The number of furan rings is 1. The maximum Gasteiger partial charge on any atom is 0.417 e. The Kier molecular flexibility index (Phi) is 2.26. The molecule has 0 aromatic carbocycles. The second-order valence-corrected chi connectivity index (χ2v) is 4.63. The highest BCUT2D eigenvalue weighted by Gasteiger charge is 2.36. The van der Waals surface area contributed by atoms with E-state index in [-0.39, 0.29) is 12.5 Å². The summed E-state index contributed by atoms with van der Waals surface area (Å²) in [6.07, 6.45) is 0.804. The van der Waals surface area contributed by atoms with E-state index >= 15 is 0 Å². The Hall–Kier alpha value is -1.78. The third-order valence-corrected chi connectivity index (χ3v) is 2.14. The van der Waals surface area contributed by atoms with E-state index in [2.05, 4.69) is 0 Å². The summed E-state index contributed by atoms with van der Waals surface area (Å²) in [4.78, 5) is 24.5. The van der Waals surface area contributed by atoms with E-state index in [0.29, 0.717) is 11.3 Å². The van der Waals surface area contributed by atoms with Crippen molar-refractivity contribution < 1.29 is 18.7 Å². The number of fused-ring (bicyclic) bond motifs is 1. The van der Waals surface area contributed by atoms with Crippen molar-refractivity contribution in [3.63, 3.8) is 0 Å². The van der Waals surface area contributed by atoms with Gasteiger partial charge in [-0.05, 0) is 26.8 Å². The maximum atomic E-state index is 11.8. The van der Waals surface area contributed by atoms with Crippen LogP contribution in [0.5, 0.6) is 0 Å². The number of amides is 2. The lowest BCUT2D eigenvalue weighted by atomic mass is 10.2. The Morgan fingerprint density at radius 2 is 2.19 bits per heavy atom. The summed E-state index contributed by atoms with van der Waals surface area (Å²) >= 11 is 0. The number of rotatable bonds is 0. The molecule has 1 aromatic rings. The molecule has 2 amide bonds. The molecule has 0 unspecified atom stereocenters. The van der Waals surface area contributed by atoms with Crippen LogP contribution in [0, 0.1) is 0 Å². The third-order valence-electron chi connectivity index (χ3n) is 2.14. The van der Waals surface area contributed by atoms with Crippen LogP contribution < -0.4 is 0 Å². The SMILES string of the molecule is CC(C)(C)OC(=O)N1Cc2occc2C1=O. The zero-order valence-electron chi connectivity index (χ0n) is 9.44. The van der Waals surface area contributed by atoms with Crippen LogP contribution in [0.15, 0.2) is 16.7 Å². The van der Waals surface area contributed by atoms with Crippen molar-refractivity contribution in [1.29, 1.82) is 0 Å². The molecule has 2 heterocycles. The number of carbonyl (C=O) groups excluding carboxylic acids is 2. The smallest absolute Gasteiger partial charge is 0.417 e. The van der Waals surface area contributed by atoms with Gasteiger partial charge in [0.05, 0.1) is 18.4 Å². The van der Waals surface area contributed by atoms with Crippen LogP contribution in [0.1, 0.15) is 36.9 Å². The molecule has 1 aliphatic heterocycles. The van der Waals surface area contributed by atoms with Crippen LogP contribution in [-0.4, -0.2) is 22.5 Å². The zero-order valence-corrected chi connectivity index (χ0v) is 9.44. The van der Waals surface area contributed by atoms with Gasteiger partial charge in [-0.15, -0.1) is 0 Å². The molecule has 0 N–H and O–H groups in total. The van der Waals surface area contributed by atoms with Gasteiger partial charge in [0.15, 0.2) is 0 Å². The normalized spacial score (nSPS) is 15.2. The van der Waals surface area contributed by atoms with E-state index in [1.165, 1.54) is 6.26 Å². The molecule has 0 saturated carbocycles. The van der Waals surface area contributed by atoms with Crippen molar-refractivity contribution in [2.45, 2.75) is 32.9 Å². The first-order valence-corrected chi connectivity index (χ1v) is 5.00. The number of hydrogen-bond acceptors (Lipinski definition) is 4. The highest BCUT2D eigenvalue weighted by Crippen LogP contribution is 2.25. The molecule has 86 valence electrons. The van der Waals surface area contributed by atoms with Gasteiger partial charge >= 0.3 is 6.09 Å². The van der Waals surface area contributed by atoms with Gasteiger partial charge in [-0.2, -0.15) is 0 Å². The first kappa shape index (κ1) is 10.7. The average molecular weight is 223 g/mol. The molecule has 0 fully saturated rings. The molecule has 0 saturated heterocycles. The predicted octanol–water partition coefficient (Wildman–Crippen LogP) is 2.17. The van der Waals surface area contributed by atoms with Gasteiger partial charge in [0.25, 0.3) is 5.91 Å². The highest BCUT2D eigenvalue weighted by molar-refractivity contribution is 6.05. The van der Waals surface area contributed by atoms with E-state index in [1.54, 1.807) is 26.8 Å². The van der Waals surface area contributed by atoms with E-state index in [4.69, 9.17) is 9.15 Å². The van der Waals surface area contributed by atoms with E-state index < -0.39 is 11.7 Å². The van der Waals surface area contributed by atoms with Crippen molar-refractivity contribution in [3.05, 3.63) is 23.7 Å². The zero-order chi connectivity index (χ0) is 11.9. The Labute approximate surface area is 93.0 Å². The Balaban J connectivity index is 2.12. The summed E-state index contributed by atoms with van der Waals surface area (Å²) < 4.78 is 10.2. The Morgan fingerprint density at radius 3 is 2.75 bits per heavy atom. The van der Waals surface area contributed by atoms with Gasteiger partial charge in [-0.1, -0.05) is 0 Å². The Morgan fingerprint density at radius 1 is 1.50 bits per heavy atom. The molecule has 0 spiro atoms. The van der Waals surface area contributed by atoms with Gasteiger partial charge in [0, 0.05) is 0 Å². The molecular weight excluding hydrogens is 210 g/mol. The number of nitrogens with zero attached hydrogens (tertiary/aromatic N) is 1. The highest BCUT2D eigenvalue weighted by atomic mass is 16.6. The second kappa shape index (κ2) is 3.37. The van der Waals surface area contributed by atoms with Gasteiger partial charge in [0.1, 0.15) is 11.4 Å². The van der Waals surface area contributed by atoms with Crippen LogP contribution in [0.4, 0.5) is 4.79 Å². The number of ether oxygens (including phenoxy) is 1. The molecule has 0 aliphatic carbocycles. The van der Waals surface area contributed by atoms with Crippen LogP contribution >= 0.6 is 0 Å². The van der Waals surface area contributed by atoms with Crippen molar-refractivity contribution in [3.8, 4) is 0 Å². The molecule has 0 atom stereocenters. The van der Waals surface area contributed by atoms with Crippen LogP contribution in [-0.2, 0) is 11.3 Å². The summed E-state index contributed by atoms with van der Waals surface area (Å²) in [7, 11) is 0. The van der Waals surface area contributed by atoms with Crippen molar-refractivity contribution in [1.82, 2.24) is 4.90 Å². The van der Waals surface area contributed by atoms with Crippen molar-refractivity contribution >= 4 is 12.0 Å². The largest absolute Gasteiger partial charge is 0.467 e. The summed E-state index contributed by atoms with van der Waals surface area (Å²) in [5, 5.41) is 0. The number of hydrogen-bond donors (Lipinski definition) is 0. The second-order valence-electron chi connectivity index (χ2n) is 4.63. The van der Waals surface area contributed by atoms with Crippen molar-refractivity contribution in [2.75, 3.05) is 0 Å². The van der Waals surface area contributed by atoms with Gasteiger partial charge in [0.2, 0.25) is 0 Å². The minimum atomic E-state index is -0.635. The minimum Gasteiger partial charge on any atom is -0.467 e. The lowest BCUT2D eigenvalue weighted by Crippen LogP contribution is -2.36. The Bertz CT molecular complexity index is 441. The van der Waals surface area contributed by atoms with E-state index in [9.17, 15) is 9.59 Å². The minimum absolute atomic E-state index is 0.149.